The topological polar surface area (TPSA) is 21.7 Å². The lowest BCUT2D eigenvalue weighted by atomic mass is 9.73. The van der Waals surface area contributed by atoms with E-state index in [2.05, 4.69) is 61.2 Å². The normalized spacial score (nSPS) is 31.0. The number of benzene rings is 2. The van der Waals surface area contributed by atoms with Crippen LogP contribution in [0.4, 0.5) is 11.4 Å². The van der Waals surface area contributed by atoms with Crippen LogP contribution in [-0.2, 0) is 5.41 Å². The van der Waals surface area contributed by atoms with E-state index >= 15 is 0 Å². The molecule has 160 valence electrons. The molecular formula is C26H35N2O2+. The Balaban J connectivity index is 1.67. The number of unbranched alkanes of at least 4 members (excludes halogenated alkanes) is 1. The van der Waals surface area contributed by atoms with Crippen LogP contribution >= 0.6 is 0 Å². The zero-order chi connectivity index (χ0) is 20.9. The fourth-order valence-corrected chi connectivity index (χ4v) is 6.72. The summed E-state index contributed by atoms with van der Waals surface area (Å²) < 4.78 is 12.2. The summed E-state index contributed by atoms with van der Waals surface area (Å²) in [5.41, 5.74) is 4.62. The van der Waals surface area contributed by atoms with E-state index in [1.54, 1.807) is 14.2 Å². The van der Waals surface area contributed by atoms with E-state index < -0.39 is 0 Å². The van der Waals surface area contributed by atoms with Crippen molar-refractivity contribution in [2.75, 3.05) is 32.2 Å². The van der Waals surface area contributed by atoms with Crippen LogP contribution in [0.5, 0.6) is 11.5 Å². The summed E-state index contributed by atoms with van der Waals surface area (Å²) in [5, 5.41) is 0. The molecule has 0 radical (unpaired) electrons. The van der Waals surface area contributed by atoms with Gasteiger partial charge >= 0.3 is 0 Å². The van der Waals surface area contributed by atoms with Gasteiger partial charge in [-0.25, -0.2) is 0 Å². The SMILES string of the molecule is CCCCC1CN2c3ccc(OC)cc3C3(CC)CC2[N+]1(c1ccc(OC)cc1)C3. The minimum Gasteiger partial charge on any atom is -0.497 e. The number of anilines is 1. The number of methoxy groups -OCH3 is 2. The molecular weight excluding hydrogens is 372 g/mol. The van der Waals surface area contributed by atoms with E-state index in [0.29, 0.717) is 12.2 Å². The second-order valence-corrected chi connectivity index (χ2v) is 9.44. The summed E-state index contributed by atoms with van der Waals surface area (Å²) in [6.07, 6.45) is 6.79. The Hall–Kier alpha value is -2.20. The molecule has 2 fully saturated rings. The lowest BCUT2D eigenvalue weighted by molar-refractivity contribution is 0.226. The summed E-state index contributed by atoms with van der Waals surface area (Å²) in [7, 11) is 3.53. The van der Waals surface area contributed by atoms with Crippen molar-refractivity contribution in [1.29, 1.82) is 0 Å². The minimum atomic E-state index is 0.218. The van der Waals surface area contributed by atoms with Gasteiger partial charge in [0.1, 0.15) is 23.2 Å². The molecule has 3 heterocycles. The van der Waals surface area contributed by atoms with Crippen LogP contribution in [0, 0.1) is 0 Å². The molecule has 4 nitrogen and oxygen atoms in total. The second-order valence-electron chi connectivity index (χ2n) is 9.44. The van der Waals surface area contributed by atoms with Crippen molar-refractivity contribution in [2.45, 2.75) is 63.6 Å². The number of fused-ring (bicyclic) bond motifs is 4. The fourth-order valence-electron chi connectivity index (χ4n) is 6.72. The van der Waals surface area contributed by atoms with Crippen LogP contribution in [0.15, 0.2) is 42.5 Å². The van der Waals surface area contributed by atoms with E-state index in [4.69, 9.17) is 9.47 Å². The van der Waals surface area contributed by atoms with Gasteiger partial charge in [-0.2, -0.15) is 0 Å². The lowest BCUT2D eigenvalue weighted by Gasteiger charge is -2.40. The van der Waals surface area contributed by atoms with E-state index in [1.807, 2.05) is 0 Å². The highest BCUT2D eigenvalue weighted by Gasteiger charge is 2.68. The molecule has 4 unspecified atom stereocenters. The molecule has 5 rings (SSSR count). The van der Waals surface area contributed by atoms with Gasteiger partial charge in [0.2, 0.25) is 0 Å². The zero-order valence-electron chi connectivity index (χ0n) is 18.9. The van der Waals surface area contributed by atoms with Gasteiger partial charge in [0.15, 0.2) is 6.17 Å². The largest absolute Gasteiger partial charge is 0.497 e. The standard InChI is InChI=1S/C26H35N2O2/c1-5-7-8-20-17-27-24-14-13-22(30-4)15-23(24)26(6-2)16-25(27)28(20,18-26)19-9-11-21(29-3)12-10-19/h9-15,20,25H,5-8,16-18H2,1-4H3/q+1. The van der Waals surface area contributed by atoms with Crippen molar-refractivity contribution in [3.63, 3.8) is 0 Å². The highest BCUT2D eigenvalue weighted by Crippen LogP contribution is 2.60. The lowest BCUT2D eigenvalue weighted by Crippen LogP contribution is -2.57. The first-order valence-electron chi connectivity index (χ1n) is 11.6. The molecule has 2 aromatic carbocycles. The third-order valence-electron chi connectivity index (χ3n) is 8.29. The Bertz CT molecular complexity index is 927. The first kappa shape index (κ1) is 19.7. The molecule has 4 atom stereocenters. The Morgan fingerprint density at radius 2 is 1.77 bits per heavy atom. The van der Waals surface area contributed by atoms with Crippen molar-refractivity contribution < 1.29 is 9.47 Å². The van der Waals surface area contributed by atoms with Gasteiger partial charge < -0.3 is 14.4 Å². The van der Waals surface area contributed by atoms with Crippen LogP contribution in [-0.4, -0.2) is 39.5 Å². The third kappa shape index (κ3) is 2.56. The molecule has 0 saturated carbocycles. The number of ether oxygens (including phenoxy) is 2. The summed E-state index contributed by atoms with van der Waals surface area (Å²) >= 11 is 0. The van der Waals surface area contributed by atoms with Gasteiger partial charge in [0.25, 0.3) is 0 Å². The summed E-state index contributed by atoms with van der Waals surface area (Å²) in [5.74, 6) is 1.93. The highest BCUT2D eigenvalue weighted by atomic mass is 16.5. The molecule has 0 spiro atoms. The van der Waals surface area contributed by atoms with Gasteiger partial charge in [-0.05, 0) is 48.7 Å². The second kappa shape index (κ2) is 7.19. The van der Waals surface area contributed by atoms with Crippen LogP contribution < -0.4 is 18.9 Å². The monoisotopic (exact) mass is 407 g/mol. The predicted molar refractivity (Wildman–Crippen MR) is 124 cm³/mol. The van der Waals surface area contributed by atoms with Crippen LogP contribution in [0.1, 0.15) is 51.5 Å². The van der Waals surface area contributed by atoms with Gasteiger partial charge in [-0.3, -0.25) is 4.48 Å². The summed E-state index contributed by atoms with van der Waals surface area (Å²) in [6.45, 7) is 7.03. The summed E-state index contributed by atoms with van der Waals surface area (Å²) in [6, 6.07) is 16.4. The van der Waals surface area contributed by atoms with Gasteiger partial charge in [0.05, 0.1) is 32.7 Å². The molecule has 4 heteroatoms. The number of rotatable bonds is 7. The first-order chi connectivity index (χ1) is 14.6. The molecule has 0 amide bonds. The van der Waals surface area contributed by atoms with Crippen molar-refractivity contribution in [3.8, 4) is 11.5 Å². The van der Waals surface area contributed by atoms with Crippen molar-refractivity contribution in [1.82, 2.24) is 4.48 Å². The first-order valence-corrected chi connectivity index (χ1v) is 11.6. The molecule has 2 bridgehead atoms. The highest BCUT2D eigenvalue weighted by molar-refractivity contribution is 5.69. The summed E-state index contributed by atoms with van der Waals surface area (Å²) in [4.78, 5) is 2.74. The van der Waals surface area contributed by atoms with E-state index in [-0.39, 0.29) is 5.41 Å². The Morgan fingerprint density at radius 3 is 2.43 bits per heavy atom. The number of hydrogen-bond donors (Lipinski definition) is 0. The molecule has 3 aliphatic rings. The number of quaternary nitrogens is 1. The molecule has 0 aliphatic carbocycles. The van der Waals surface area contributed by atoms with Crippen LogP contribution in [0.25, 0.3) is 0 Å². The van der Waals surface area contributed by atoms with Crippen molar-refractivity contribution >= 4 is 11.4 Å². The minimum absolute atomic E-state index is 0.218. The Labute approximate surface area is 181 Å². The van der Waals surface area contributed by atoms with Gasteiger partial charge in [-0.15, -0.1) is 0 Å². The van der Waals surface area contributed by atoms with Crippen LogP contribution in [0.3, 0.4) is 0 Å². The average Bonchev–Trinajstić information content (AvgIpc) is 3.27. The van der Waals surface area contributed by atoms with E-state index in [0.717, 1.165) is 22.5 Å². The van der Waals surface area contributed by atoms with Crippen molar-refractivity contribution in [3.05, 3.63) is 48.0 Å². The predicted octanol–water partition coefficient (Wildman–Crippen LogP) is 5.48. The molecule has 2 aromatic rings. The molecule has 30 heavy (non-hydrogen) atoms. The van der Waals surface area contributed by atoms with Crippen LogP contribution in [0.2, 0.25) is 0 Å². The average molecular weight is 408 g/mol. The van der Waals surface area contributed by atoms with Gasteiger partial charge in [0, 0.05) is 30.7 Å². The van der Waals surface area contributed by atoms with Gasteiger partial charge in [-0.1, -0.05) is 20.3 Å². The third-order valence-corrected chi connectivity index (χ3v) is 8.29. The molecule has 0 aromatic heterocycles. The zero-order valence-corrected chi connectivity index (χ0v) is 18.9. The Kier molecular flexibility index (Phi) is 4.73. The molecule has 3 aliphatic heterocycles. The number of nitrogens with zero attached hydrogens (tertiary/aromatic N) is 2. The van der Waals surface area contributed by atoms with E-state index in [1.165, 1.54) is 55.6 Å². The number of hydrogen-bond acceptors (Lipinski definition) is 3. The maximum atomic E-state index is 5.63. The van der Waals surface area contributed by atoms with E-state index in [9.17, 15) is 0 Å². The molecule has 0 N–H and O–H groups in total. The maximum absolute atomic E-state index is 5.63. The fraction of sp³-hybridized carbons (Fsp3) is 0.538. The maximum Gasteiger partial charge on any atom is 0.171 e. The molecule has 2 saturated heterocycles. The quantitative estimate of drug-likeness (QED) is 0.567. The smallest absolute Gasteiger partial charge is 0.171 e. The van der Waals surface area contributed by atoms with Crippen molar-refractivity contribution in [2.24, 2.45) is 0 Å². The Morgan fingerprint density at radius 1 is 1.03 bits per heavy atom.